The maximum atomic E-state index is 2.50. The molecule has 0 saturated heterocycles. The van der Waals surface area contributed by atoms with E-state index < -0.39 is 0 Å². The highest BCUT2D eigenvalue weighted by molar-refractivity contribution is 5.14. The second-order valence-electron chi connectivity index (χ2n) is 6.92. The molecular formula is C20H32. The average Bonchev–Trinajstić information content (AvgIpc) is 2.49. The standard InChI is InChI=1S/C20H32/c1-3-8-18-13-15-20(16-14-18)17(2)9-7-12-19-10-5-4-6-11-19/h4-6,10-11,17-18,20H,3,7-9,12-16H2,1-2H3/t17-,18?,20?/m1/s1. The van der Waals surface area contributed by atoms with Gasteiger partial charge in [0, 0.05) is 0 Å². The van der Waals surface area contributed by atoms with Gasteiger partial charge < -0.3 is 0 Å². The lowest BCUT2D eigenvalue weighted by atomic mass is 9.74. The molecule has 0 unspecified atom stereocenters. The fraction of sp³-hybridized carbons (Fsp3) is 0.700. The van der Waals surface area contributed by atoms with Gasteiger partial charge in [-0.2, -0.15) is 0 Å². The van der Waals surface area contributed by atoms with Gasteiger partial charge in [0.05, 0.1) is 0 Å². The van der Waals surface area contributed by atoms with E-state index in [1.807, 2.05) is 0 Å². The third-order valence-electron chi connectivity index (χ3n) is 5.36. The average molecular weight is 272 g/mol. The summed E-state index contributed by atoms with van der Waals surface area (Å²) in [7, 11) is 0. The maximum absolute atomic E-state index is 2.50. The molecule has 2 rings (SSSR count). The van der Waals surface area contributed by atoms with Crippen LogP contribution in [-0.4, -0.2) is 0 Å². The van der Waals surface area contributed by atoms with Crippen LogP contribution in [0.5, 0.6) is 0 Å². The Kier molecular flexibility index (Phi) is 6.63. The molecule has 20 heavy (non-hydrogen) atoms. The summed E-state index contributed by atoms with van der Waals surface area (Å²) < 4.78 is 0. The van der Waals surface area contributed by atoms with Gasteiger partial charge in [-0.15, -0.1) is 0 Å². The van der Waals surface area contributed by atoms with Crippen molar-refractivity contribution in [3.05, 3.63) is 35.9 Å². The van der Waals surface area contributed by atoms with Gasteiger partial charge in [0.2, 0.25) is 0 Å². The molecule has 0 radical (unpaired) electrons. The van der Waals surface area contributed by atoms with Crippen LogP contribution in [0.15, 0.2) is 30.3 Å². The zero-order chi connectivity index (χ0) is 14.2. The highest BCUT2D eigenvalue weighted by Crippen LogP contribution is 2.36. The van der Waals surface area contributed by atoms with Crippen LogP contribution < -0.4 is 0 Å². The Morgan fingerprint density at radius 1 is 1.05 bits per heavy atom. The quantitative estimate of drug-likeness (QED) is 0.550. The minimum Gasteiger partial charge on any atom is -0.0654 e. The van der Waals surface area contributed by atoms with Gasteiger partial charge in [-0.3, -0.25) is 0 Å². The Morgan fingerprint density at radius 2 is 1.75 bits per heavy atom. The first kappa shape index (κ1) is 15.6. The van der Waals surface area contributed by atoms with Crippen LogP contribution in [0, 0.1) is 17.8 Å². The second-order valence-corrected chi connectivity index (χ2v) is 6.92. The van der Waals surface area contributed by atoms with E-state index in [1.165, 1.54) is 63.4 Å². The molecule has 0 heterocycles. The summed E-state index contributed by atoms with van der Waals surface area (Å²) in [4.78, 5) is 0. The molecule has 1 saturated carbocycles. The first-order chi connectivity index (χ1) is 9.79. The summed E-state index contributed by atoms with van der Waals surface area (Å²) in [6.07, 6.45) is 12.9. The predicted octanol–water partition coefficient (Wildman–Crippen LogP) is 6.25. The van der Waals surface area contributed by atoms with Crippen molar-refractivity contribution < 1.29 is 0 Å². The zero-order valence-corrected chi connectivity index (χ0v) is 13.5. The highest BCUT2D eigenvalue weighted by Gasteiger charge is 2.24. The monoisotopic (exact) mass is 272 g/mol. The Bertz CT molecular complexity index is 346. The molecule has 0 spiro atoms. The lowest BCUT2D eigenvalue weighted by molar-refractivity contribution is 0.198. The molecular weight excluding hydrogens is 240 g/mol. The summed E-state index contributed by atoms with van der Waals surface area (Å²) in [6, 6.07) is 11.0. The molecule has 0 N–H and O–H groups in total. The highest BCUT2D eigenvalue weighted by atomic mass is 14.3. The summed E-state index contributed by atoms with van der Waals surface area (Å²) >= 11 is 0. The van der Waals surface area contributed by atoms with Crippen molar-refractivity contribution in [2.45, 2.75) is 71.6 Å². The van der Waals surface area contributed by atoms with Crippen LogP contribution in [0.2, 0.25) is 0 Å². The molecule has 1 aliphatic rings. The van der Waals surface area contributed by atoms with E-state index in [-0.39, 0.29) is 0 Å². The third-order valence-corrected chi connectivity index (χ3v) is 5.36. The van der Waals surface area contributed by atoms with Gasteiger partial charge in [0.1, 0.15) is 0 Å². The molecule has 1 atom stereocenters. The van der Waals surface area contributed by atoms with Gasteiger partial charge in [0.25, 0.3) is 0 Å². The minimum absolute atomic E-state index is 0.932. The second kappa shape index (κ2) is 8.49. The smallest absolute Gasteiger partial charge is 0.0279 e. The van der Waals surface area contributed by atoms with E-state index in [4.69, 9.17) is 0 Å². The van der Waals surface area contributed by atoms with Gasteiger partial charge >= 0.3 is 0 Å². The Morgan fingerprint density at radius 3 is 2.40 bits per heavy atom. The van der Waals surface area contributed by atoms with Crippen LogP contribution in [0.4, 0.5) is 0 Å². The Labute approximate surface area is 126 Å². The third kappa shape index (κ3) is 4.96. The number of hydrogen-bond donors (Lipinski definition) is 0. The summed E-state index contributed by atoms with van der Waals surface area (Å²) in [5.41, 5.74) is 1.51. The van der Waals surface area contributed by atoms with Crippen molar-refractivity contribution in [2.24, 2.45) is 17.8 Å². The lowest BCUT2D eigenvalue weighted by Gasteiger charge is -2.32. The number of hydrogen-bond acceptors (Lipinski definition) is 0. The number of aryl methyl sites for hydroxylation is 1. The van der Waals surface area contributed by atoms with Crippen LogP contribution >= 0.6 is 0 Å². The van der Waals surface area contributed by atoms with E-state index in [1.54, 1.807) is 0 Å². The normalized spacial score (nSPS) is 24.5. The summed E-state index contributed by atoms with van der Waals surface area (Å²) in [5, 5.41) is 0. The van der Waals surface area contributed by atoms with Gasteiger partial charge in [-0.05, 0) is 49.0 Å². The zero-order valence-electron chi connectivity index (χ0n) is 13.5. The number of rotatable bonds is 7. The molecule has 1 aromatic rings. The lowest BCUT2D eigenvalue weighted by Crippen LogP contribution is -2.20. The van der Waals surface area contributed by atoms with E-state index in [0.29, 0.717) is 0 Å². The molecule has 112 valence electrons. The Balaban J connectivity index is 1.64. The van der Waals surface area contributed by atoms with Gasteiger partial charge in [-0.1, -0.05) is 76.3 Å². The fourth-order valence-corrected chi connectivity index (χ4v) is 3.96. The molecule has 0 aliphatic heterocycles. The van der Waals surface area contributed by atoms with E-state index in [2.05, 4.69) is 44.2 Å². The van der Waals surface area contributed by atoms with Gasteiger partial charge in [-0.25, -0.2) is 0 Å². The summed E-state index contributed by atoms with van der Waals surface area (Å²) in [6.45, 7) is 4.83. The molecule has 0 aromatic heterocycles. The van der Waals surface area contributed by atoms with Gasteiger partial charge in [0.15, 0.2) is 0 Å². The topological polar surface area (TPSA) is 0 Å². The first-order valence-electron chi connectivity index (χ1n) is 8.83. The van der Waals surface area contributed by atoms with Crippen molar-refractivity contribution in [2.75, 3.05) is 0 Å². The van der Waals surface area contributed by atoms with Crippen molar-refractivity contribution >= 4 is 0 Å². The minimum atomic E-state index is 0.932. The van der Waals surface area contributed by atoms with Crippen LogP contribution in [0.1, 0.15) is 70.8 Å². The van der Waals surface area contributed by atoms with Crippen LogP contribution in [0.3, 0.4) is 0 Å². The van der Waals surface area contributed by atoms with E-state index in [0.717, 1.165) is 17.8 Å². The van der Waals surface area contributed by atoms with Crippen molar-refractivity contribution in [1.29, 1.82) is 0 Å². The Hall–Kier alpha value is -0.780. The predicted molar refractivity (Wildman–Crippen MR) is 88.9 cm³/mol. The molecule has 1 fully saturated rings. The SMILES string of the molecule is CCCC1CCC([C@H](C)CCCc2ccccc2)CC1. The van der Waals surface area contributed by atoms with E-state index >= 15 is 0 Å². The number of benzene rings is 1. The molecule has 1 aromatic carbocycles. The first-order valence-corrected chi connectivity index (χ1v) is 8.83. The van der Waals surface area contributed by atoms with Crippen LogP contribution in [-0.2, 0) is 6.42 Å². The van der Waals surface area contributed by atoms with Crippen molar-refractivity contribution in [1.82, 2.24) is 0 Å². The molecule has 1 aliphatic carbocycles. The largest absolute Gasteiger partial charge is 0.0654 e. The van der Waals surface area contributed by atoms with E-state index in [9.17, 15) is 0 Å². The van der Waals surface area contributed by atoms with Crippen LogP contribution in [0.25, 0.3) is 0 Å². The maximum Gasteiger partial charge on any atom is -0.0279 e. The van der Waals surface area contributed by atoms with Crippen molar-refractivity contribution in [3.63, 3.8) is 0 Å². The fourth-order valence-electron chi connectivity index (χ4n) is 3.96. The summed E-state index contributed by atoms with van der Waals surface area (Å²) in [5.74, 6) is 2.99. The molecule has 0 bridgehead atoms. The molecule has 0 amide bonds. The van der Waals surface area contributed by atoms with Crippen molar-refractivity contribution in [3.8, 4) is 0 Å². The molecule has 0 nitrogen and oxygen atoms in total. The molecule has 0 heteroatoms.